The van der Waals surface area contributed by atoms with E-state index in [2.05, 4.69) is 10.4 Å². The zero-order valence-electron chi connectivity index (χ0n) is 17.9. The Bertz CT molecular complexity index is 998. The minimum absolute atomic E-state index is 0.00336. The number of hydrogen-bond donors (Lipinski definition) is 1. The van der Waals surface area contributed by atoms with Crippen molar-refractivity contribution in [2.75, 3.05) is 31.1 Å². The number of rotatable bonds is 6. The van der Waals surface area contributed by atoms with Gasteiger partial charge in [-0.15, -0.1) is 0 Å². The summed E-state index contributed by atoms with van der Waals surface area (Å²) in [5.74, 6) is -0.446. The lowest BCUT2D eigenvalue weighted by Gasteiger charge is -2.28. The second-order valence-corrected chi connectivity index (χ2v) is 7.60. The van der Waals surface area contributed by atoms with E-state index in [-0.39, 0.29) is 25.0 Å². The highest BCUT2D eigenvalue weighted by Gasteiger charge is 2.30. The first-order chi connectivity index (χ1) is 15.0. The number of amides is 3. The van der Waals surface area contributed by atoms with Crippen LogP contribution in [0.3, 0.4) is 0 Å². The summed E-state index contributed by atoms with van der Waals surface area (Å²) in [6.45, 7) is 6.91. The molecule has 0 saturated carbocycles. The summed E-state index contributed by atoms with van der Waals surface area (Å²) in [6, 6.07) is 7.40. The van der Waals surface area contributed by atoms with Crippen molar-refractivity contribution in [2.24, 2.45) is 0 Å². The van der Waals surface area contributed by atoms with Gasteiger partial charge >= 0.3 is 12.0 Å². The van der Waals surface area contributed by atoms with Gasteiger partial charge in [-0.2, -0.15) is 5.10 Å². The van der Waals surface area contributed by atoms with Crippen molar-refractivity contribution >= 4 is 23.6 Å². The van der Waals surface area contributed by atoms with E-state index in [4.69, 9.17) is 4.74 Å². The number of carbonyl (C=O) groups is 3. The van der Waals surface area contributed by atoms with Crippen LogP contribution in [0.2, 0.25) is 0 Å². The molecule has 1 aromatic carbocycles. The van der Waals surface area contributed by atoms with Gasteiger partial charge in [0.1, 0.15) is 0 Å². The lowest BCUT2D eigenvalue weighted by Crippen LogP contribution is -2.37. The van der Waals surface area contributed by atoms with Crippen molar-refractivity contribution < 1.29 is 19.1 Å². The molecule has 9 nitrogen and oxygen atoms in total. The van der Waals surface area contributed by atoms with Gasteiger partial charge in [0.2, 0.25) is 5.91 Å². The lowest BCUT2D eigenvalue weighted by atomic mass is 10.0. The van der Waals surface area contributed by atoms with Crippen LogP contribution in [0, 0.1) is 0 Å². The Morgan fingerprint density at radius 2 is 1.94 bits per heavy atom. The zero-order chi connectivity index (χ0) is 22.0. The molecule has 2 aliphatic heterocycles. The number of nitrogens with zero attached hydrogens (tertiary/aromatic N) is 4. The highest BCUT2D eigenvalue weighted by Crippen LogP contribution is 2.25. The van der Waals surface area contributed by atoms with E-state index in [1.807, 2.05) is 35.9 Å². The van der Waals surface area contributed by atoms with Gasteiger partial charge in [0.15, 0.2) is 5.69 Å². The number of esters is 1. The molecule has 2 aromatic rings. The van der Waals surface area contributed by atoms with Crippen molar-refractivity contribution in [1.29, 1.82) is 0 Å². The molecule has 4 rings (SSSR count). The molecule has 3 heterocycles. The molecule has 2 aliphatic rings. The van der Waals surface area contributed by atoms with E-state index >= 15 is 0 Å². The first kappa shape index (κ1) is 20.9. The first-order valence-corrected chi connectivity index (χ1v) is 10.7. The molecule has 1 saturated heterocycles. The summed E-state index contributed by atoms with van der Waals surface area (Å²) < 4.78 is 6.98. The molecular formula is C22H27N5O4. The normalized spacial score (nSPS) is 15.6. The summed E-state index contributed by atoms with van der Waals surface area (Å²) in [5.41, 5.74) is 3.80. The Morgan fingerprint density at radius 3 is 2.58 bits per heavy atom. The number of anilines is 1. The first-order valence-electron chi connectivity index (χ1n) is 10.7. The smallest absolute Gasteiger partial charge is 0.359 e. The number of ether oxygens (including phenoxy) is 1. The summed E-state index contributed by atoms with van der Waals surface area (Å²) in [5, 5.41) is 7.21. The fourth-order valence-corrected chi connectivity index (χ4v) is 4.13. The molecule has 1 N–H and O–H groups in total. The van der Waals surface area contributed by atoms with E-state index in [1.165, 1.54) is 0 Å². The van der Waals surface area contributed by atoms with Crippen LogP contribution >= 0.6 is 0 Å². The van der Waals surface area contributed by atoms with Crippen molar-refractivity contribution in [2.45, 2.75) is 39.8 Å². The SMILES string of the molecule is CCOC(=O)c1nn(CC)c2c1CN(C(=O)Cc1ccc(N3CCNC3=O)cc1)CC2. The van der Waals surface area contributed by atoms with Crippen molar-refractivity contribution in [1.82, 2.24) is 20.0 Å². The second-order valence-electron chi connectivity index (χ2n) is 7.60. The molecule has 9 heteroatoms. The summed E-state index contributed by atoms with van der Waals surface area (Å²) in [4.78, 5) is 40.6. The molecule has 3 amide bonds. The van der Waals surface area contributed by atoms with Crippen LogP contribution in [-0.4, -0.2) is 58.8 Å². The zero-order valence-corrected chi connectivity index (χ0v) is 17.9. The molecule has 0 unspecified atom stereocenters. The van der Waals surface area contributed by atoms with Gasteiger partial charge in [0.25, 0.3) is 0 Å². The van der Waals surface area contributed by atoms with Crippen LogP contribution in [0.15, 0.2) is 24.3 Å². The molecule has 31 heavy (non-hydrogen) atoms. The largest absolute Gasteiger partial charge is 0.461 e. The van der Waals surface area contributed by atoms with Gasteiger partial charge < -0.3 is 15.0 Å². The number of fused-ring (bicyclic) bond motifs is 1. The highest BCUT2D eigenvalue weighted by molar-refractivity contribution is 5.94. The van der Waals surface area contributed by atoms with Gasteiger partial charge in [0.05, 0.1) is 13.0 Å². The quantitative estimate of drug-likeness (QED) is 0.711. The molecule has 1 fully saturated rings. The molecule has 0 atom stereocenters. The molecule has 0 spiro atoms. The van der Waals surface area contributed by atoms with Gasteiger partial charge in [-0.05, 0) is 31.5 Å². The van der Waals surface area contributed by atoms with Gasteiger partial charge in [0, 0.05) is 56.1 Å². The Balaban J connectivity index is 1.46. The van der Waals surface area contributed by atoms with Crippen LogP contribution in [0.4, 0.5) is 10.5 Å². The maximum Gasteiger partial charge on any atom is 0.359 e. The molecular weight excluding hydrogens is 398 g/mol. The standard InChI is InChI=1S/C22H27N5O4/c1-3-27-18-9-11-25(14-17(18)20(24-27)21(29)31-4-2)19(28)13-15-5-7-16(8-6-15)26-12-10-23-22(26)30/h5-8H,3-4,9-14H2,1-2H3,(H,23,30). The summed E-state index contributed by atoms with van der Waals surface area (Å²) >= 11 is 0. The van der Waals surface area contributed by atoms with Crippen molar-refractivity contribution in [3.8, 4) is 0 Å². The van der Waals surface area contributed by atoms with Crippen LogP contribution in [0.1, 0.15) is 41.2 Å². The monoisotopic (exact) mass is 425 g/mol. The molecule has 1 aromatic heterocycles. The number of benzene rings is 1. The Labute approximate surface area is 180 Å². The van der Waals surface area contributed by atoms with E-state index in [0.29, 0.717) is 44.8 Å². The van der Waals surface area contributed by atoms with Crippen LogP contribution in [0.25, 0.3) is 0 Å². The summed E-state index contributed by atoms with van der Waals surface area (Å²) in [7, 11) is 0. The third-order valence-corrected chi connectivity index (χ3v) is 5.72. The average Bonchev–Trinajstić information content (AvgIpc) is 3.37. The number of hydrogen-bond acceptors (Lipinski definition) is 5. The van der Waals surface area contributed by atoms with Gasteiger partial charge in [-0.25, -0.2) is 9.59 Å². The number of aryl methyl sites for hydroxylation is 1. The number of aromatic nitrogens is 2. The maximum atomic E-state index is 13.0. The van der Waals surface area contributed by atoms with E-state index < -0.39 is 5.97 Å². The van der Waals surface area contributed by atoms with Crippen molar-refractivity contribution in [3.05, 3.63) is 46.8 Å². The van der Waals surface area contributed by atoms with Crippen LogP contribution in [0.5, 0.6) is 0 Å². The van der Waals surface area contributed by atoms with Gasteiger partial charge in [-0.3, -0.25) is 14.4 Å². The van der Waals surface area contributed by atoms with Crippen LogP contribution in [-0.2, 0) is 35.5 Å². The predicted octanol–water partition coefficient (Wildman–Crippen LogP) is 1.74. The van der Waals surface area contributed by atoms with Crippen LogP contribution < -0.4 is 10.2 Å². The number of carbonyl (C=O) groups excluding carboxylic acids is 3. The number of nitrogens with one attached hydrogen (secondary N) is 1. The highest BCUT2D eigenvalue weighted by atomic mass is 16.5. The van der Waals surface area contributed by atoms with E-state index in [9.17, 15) is 14.4 Å². The molecule has 0 radical (unpaired) electrons. The van der Waals surface area contributed by atoms with E-state index in [1.54, 1.807) is 16.7 Å². The summed E-state index contributed by atoms with van der Waals surface area (Å²) in [6.07, 6.45) is 0.919. The minimum Gasteiger partial charge on any atom is -0.461 e. The van der Waals surface area contributed by atoms with Gasteiger partial charge in [-0.1, -0.05) is 12.1 Å². The maximum absolute atomic E-state index is 13.0. The predicted molar refractivity (Wildman–Crippen MR) is 114 cm³/mol. The number of urea groups is 1. The van der Waals surface area contributed by atoms with Crippen molar-refractivity contribution in [3.63, 3.8) is 0 Å². The third-order valence-electron chi connectivity index (χ3n) is 5.72. The fourth-order valence-electron chi connectivity index (χ4n) is 4.13. The Hall–Kier alpha value is -3.36. The molecule has 0 aliphatic carbocycles. The van der Waals surface area contributed by atoms with E-state index in [0.717, 1.165) is 22.5 Å². The second kappa shape index (κ2) is 8.79. The molecule has 164 valence electrons. The molecule has 0 bridgehead atoms. The fraction of sp³-hybridized carbons (Fsp3) is 0.455. The minimum atomic E-state index is -0.443. The topological polar surface area (TPSA) is 96.8 Å². The lowest BCUT2D eigenvalue weighted by molar-refractivity contribution is -0.131. The third kappa shape index (κ3) is 4.12. The Morgan fingerprint density at radius 1 is 1.16 bits per heavy atom. The Kier molecular flexibility index (Phi) is 5.92. The average molecular weight is 425 g/mol.